The molecule has 19 heavy (non-hydrogen) atoms. The van der Waals surface area contributed by atoms with E-state index in [-0.39, 0.29) is 0 Å². The zero-order valence-electron chi connectivity index (χ0n) is 13.0. The maximum Gasteiger partial charge on any atom is 0.0733 e. The summed E-state index contributed by atoms with van der Waals surface area (Å²) in [6, 6.07) is 1.40. The molecule has 2 heterocycles. The maximum atomic E-state index is 5.97. The van der Waals surface area contributed by atoms with Crippen LogP contribution in [0.2, 0.25) is 0 Å². The Kier molecular flexibility index (Phi) is 6.66. The molecule has 3 unspecified atom stereocenters. The van der Waals surface area contributed by atoms with E-state index in [0.29, 0.717) is 18.2 Å². The van der Waals surface area contributed by atoms with E-state index >= 15 is 0 Å². The number of fused-ring (bicyclic) bond motifs is 2. The van der Waals surface area contributed by atoms with Gasteiger partial charge in [0.1, 0.15) is 0 Å². The van der Waals surface area contributed by atoms with Gasteiger partial charge in [0.05, 0.1) is 12.2 Å². The van der Waals surface area contributed by atoms with Crippen LogP contribution < -0.4 is 5.32 Å². The summed E-state index contributed by atoms with van der Waals surface area (Å²) < 4.78 is 5.97. The average Bonchev–Trinajstić information content (AvgIpc) is 3.01. The lowest BCUT2D eigenvalue weighted by atomic mass is 9.93. The second kappa shape index (κ2) is 8.26. The average molecular weight is 267 g/mol. The summed E-state index contributed by atoms with van der Waals surface area (Å²) in [7, 11) is 0. The smallest absolute Gasteiger partial charge is 0.0733 e. The molecular weight excluding hydrogens is 234 g/mol. The molecule has 2 bridgehead atoms. The highest BCUT2D eigenvalue weighted by Crippen LogP contribution is 2.34. The molecule has 0 aromatic carbocycles. The molecule has 0 radical (unpaired) electrons. The normalized spacial score (nSPS) is 29.5. The van der Waals surface area contributed by atoms with Crippen molar-refractivity contribution in [3.63, 3.8) is 0 Å². The van der Waals surface area contributed by atoms with E-state index in [1.54, 1.807) is 0 Å². The van der Waals surface area contributed by atoms with Crippen molar-refractivity contribution in [2.75, 3.05) is 0 Å². The predicted molar refractivity (Wildman–Crippen MR) is 81.5 cm³/mol. The molecule has 2 saturated heterocycles. The monoisotopic (exact) mass is 267 g/mol. The van der Waals surface area contributed by atoms with E-state index in [2.05, 4.69) is 19.2 Å². The van der Waals surface area contributed by atoms with Crippen LogP contribution in [0.15, 0.2) is 0 Å². The zero-order chi connectivity index (χ0) is 13.5. The Hall–Kier alpha value is -0.0800. The number of nitrogens with one attached hydrogen (secondary N) is 1. The first-order valence-corrected chi connectivity index (χ1v) is 8.75. The first kappa shape index (κ1) is 15.3. The Balaban J connectivity index is 1.72. The van der Waals surface area contributed by atoms with Crippen molar-refractivity contribution in [3.8, 4) is 0 Å². The number of hydrogen-bond acceptors (Lipinski definition) is 2. The van der Waals surface area contributed by atoms with Gasteiger partial charge >= 0.3 is 0 Å². The Morgan fingerprint density at radius 2 is 1.68 bits per heavy atom. The zero-order valence-corrected chi connectivity index (χ0v) is 13.0. The first-order chi connectivity index (χ1) is 9.33. The Bertz CT molecular complexity index is 233. The molecule has 2 nitrogen and oxygen atoms in total. The molecule has 1 N–H and O–H groups in total. The lowest BCUT2D eigenvalue weighted by Crippen LogP contribution is -2.43. The summed E-state index contributed by atoms with van der Waals surface area (Å²) in [5.74, 6) is 0. The van der Waals surface area contributed by atoms with E-state index in [0.717, 1.165) is 6.04 Å². The molecule has 0 aliphatic carbocycles. The standard InChI is InChI=1S/C17H33NO/c1-3-5-7-9-14(10-8-6-4-2)18-16-13-15-11-12-17(16)19-15/h14-18H,3-13H2,1-2H3. The van der Waals surface area contributed by atoms with Crippen LogP contribution in [-0.4, -0.2) is 24.3 Å². The van der Waals surface area contributed by atoms with Crippen LogP contribution in [0.5, 0.6) is 0 Å². The molecule has 0 amide bonds. The van der Waals surface area contributed by atoms with E-state index in [4.69, 9.17) is 4.74 Å². The van der Waals surface area contributed by atoms with Crippen molar-refractivity contribution in [1.29, 1.82) is 0 Å². The van der Waals surface area contributed by atoms with Crippen molar-refractivity contribution in [3.05, 3.63) is 0 Å². The van der Waals surface area contributed by atoms with Crippen molar-refractivity contribution in [1.82, 2.24) is 5.32 Å². The third-order valence-electron chi connectivity index (χ3n) is 4.87. The molecule has 2 rings (SSSR count). The van der Waals surface area contributed by atoms with Gasteiger partial charge in [-0.15, -0.1) is 0 Å². The maximum absolute atomic E-state index is 5.97. The van der Waals surface area contributed by atoms with Crippen molar-refractivity contribution in [2.45, 2.75) is 109 Å². The van der Waals surface area contributed by atoms with E-state index < -0.39 is 0 Å². The van der Waals surface area contributed by atoms with Gasteiger partial charge in [-0.1, -0.05) is 52.4 Å². The van der Waals surface area contributed by atoms with Crippen LogP contribution >= 0.6 is 0 Å². The molecule has 0 spiro atoms. The van der Waals surface area contributed by atoms with Crippen molar-refractivity contribution >= 4 is 0 Å². The van der Waals surface area contributed by atoms with Gasteiger partial charge in [0.2, 0.25) is 0 Å². The van der Waals surface area contributed by atoms with Gasteiger partial charge in [0.25, 0.3) is 0 Å². The summed E-state index contributed by atoms with van der Waals surface area (Å²) in [5, 5.41) is 3.94. The highest BCUT2D eigenvalue weighted by molar-refractivity contribution is 4.95. The molecule has 2 heteroatoms. The second-order valence-electron chi connectivity index (χ2n) is 6.57. The molecule has 0 aromatic heterocycles. The van der Waals surface area contributed by atoms with Gasteiger partial charge < -0.3 is 10.1 Å². The van der Waals surface area contributed by atoms with Crippen LogP contribution in [-0.2, 0) is 4.74 Å². The SMILES string of the molecule is CCCCCC(CCCCC)NC1CC2CCC1O2. The van der Waals surface area contributed by atoms with Gasteiger partial charge in [-0.2, -0.15) is 0 Å². The molecule has 3 atom stereocenters. The minimum absolute atomic E-state index is 0.532. The third kappa shape index (κ3) is 4.75. The van der Waals surface area contributed by atoms with Crippen LogP contribution in [0.1, 0.15) is 84.5 Å². The minimum Gasteiger partial charge on any atom is -0.373 e. The van der Waals surface area contributed by atoms with E-state index in [9.17, 15) is 0 Å². The summed E-state index contributed by atoms with van der Waals surface area (Å²) in [6.45, 7) is 4.59. The summed E-state index contributed by atoms with van der Waals surface area (Å²) >= 11 is 0. The van der Waals surface area contributed by atoms with Crippen molar-refractivity contribution < 1.29 is 4.74 Å². The van der Waals surface area contributed by atoms with Crippen LogP contribution in [0.4, 0.5) is 0 Å². The first-order valence-electron chi connectivity index (χ1n) is 8.75. The Morgan fingerprint density at radius 3 is 2.16 bits per heavy atom. The summed E-state index contributed by atoms with van der Waals surface area (Å²) in [6.07, 6.45) is 15.9. The van der Waals surface area contributed by atoms with Gasteiger partial charge in [-0.05, 0) is 32.1 Å². The van der Waals surface area contributed by atoms with Crippen LogP contribution in [0.25, 0.3) is 0 Å². The quantitative estimate of drug-likeness (QED) is 0.591. The fraction of sp³-hybridized carbons (Fsp3) is 1.00. The van der Waals surface area contributed by atoms with Crippen LogP contribution in [0, 0.1) is 0 Å². The van der Waals surface area contributed by atoms with Crippen molar-refractivity contribution in [2.24, 2.45) is 0 Å². The highest BCUT2D eigenvalue weighted by Gasteiger charge is 2.41. The Labute approximate surface area is 119 Å². The Morgan fingerprint density at radius 1 is 1.00 bits per heavy atom. The van der Waals surface area contributed by atoms with Gasteiger partial charge in [-0.3, -0.25) is 0 Å². The fourth-order valence-electron chi connectivity index (χ4n) is 3.71. The number of unbranched alkanes of at least 4 members (excludes halogenated alkanes) is 4. The fourth-order valence-corrected chi connectivity index (χ4v) is 3.71. The topological polar surface area (TPSA) is 21.3 Å². The van der Waals surface area contributed by atoms with Gasteiger partial charge in [0, 0.05) is 12.1 Å². The predicted octanol–water partition coefficient (Wildman–Crippen LogP) is 4.43. The summed E-state index contributed by atoms with van der Waals surface area (Å²) in [5.41, 5.74) is 0. The van der Waals surface area contributed by atoms with E-state index in [1.165, 1.54) is 70.6 Å². The second-order valence-corrected chi connectivity index (χ2v) is 6.57. The lowest BCUT2D eigenvalue weighted by Gasteiger charge is -2.27. The summed E-state index contributed by atoms with van der Waals surface area (Å²) in [4.78, 5) is 0. The van der Waals surface area contributed by atoms with Gasteiger partial charge in [-0.25, -0.2) is 0 Å². The van der Waals surface area contributed by atoms with Gasteiger partial charge in [0.15, 0.2) is 0 Å². The van der Waals surface area contributed by atoms with E-state index in [1.807, 2.05) is 0 Å². The molecule has 112 valence electrons. The molecular formula is C17H33NO. The number of hydrogen-bond donors (Lipinski definition) is 1. The molecule has 2 aliphatic rings. The minimum atomic E-state index is 0.532. The highest BCUT2D eigenvalue weighted by atomic mass is 16.5. The molecule has 2 fully saturated rings. The number of rotatable bonds is 10. The lowest BCUT2D eigenvalue weighted by molar-refractivity contribution is 0.0955. The molecule has 0 aromatic rings. The third-order valence-corrected chi connectivity index (χ3v) is 4.87. The number of ether oxygens (including phenoxy) is 1. The molecule has 2 aliphatic heterocycles. The molecule has 0 saturated carbocycles. The largest absolute Gasteiger partial charge is 0.373 e. The van der Waals surface area contributed by atoms with Crippen LogP contribution in [0.3, 0.4) is 0 Å².